The number of hydrogen-bond acceptors (Lipinski definition) is 2. The summed E-state index contributed by atoms with van der Waals surface area (Å²) in [6.07, 6.45) is 0. The molecule has 4 rings (SSSR count). The summed E-state index contributed by atoms with van der Waals surface area (Å²) in [4.78, 5) is 26.9. The summed E-state index contributed by atoms with van der Waals surface area (Å²) in [7, 11) is 1.43. The largest absolute Gasteiger partial charge is 0.323 e. The van der Waals surface area contributed by atoms with Crippen molar-refractivity contribution < 1.29 is 18.4 Å². The number of rotatable bonds is 5. The van der Waals surface area contributed by atoms with Crippen LogP contribution < -0.4 is 10.2 Å². The molecule has 0 saturated heterocycles. The number of nitrogens with one attached hydrogen (secondary N) is 1. The van der Waals surface area contributed by atoms with Gasteiger partial charge in [0.25, 0.3) is 5.91 Å². The number of carbonyl (C=O) groups is 2. The highest BCUT2D eigenvalue weighted by Crippen LogP contribution is 2.65. The van der Waals surface area contributed by atoms with Crippen molar-refractivity contribution >= 4 is 69.6 Å². The van der Waals surface area contributed by atoms with Crippen molar-refractivity contribution in [3.8, 4) is 0 Å². The van der Waals surface area contributed by atoms with Crippen molar-refractivity contribution in [1.82, 2.24) is 0 Å². The van der Waals surface area contributed by atoms with E-state index in [1.807, 2.05) is 0 Å². The van der Waals surface area contributed by atoms with Crippen LogP contribution in [0.15, 0.2) is 60.7 Å². The lowest BCUT2D eigenvalue weighted by molar-refractivity contribution is -0.117. The number of carbonyl (C=O) groups excluding carboxylic acids is 2. The van der Waals surface area contributed by atoms with Gasteiger partial charge in [-0.05, 0) is 60.2 Å². The van der Waals surface area contributed by atoms with E-state index in [-0.39, 0.29) is 11.3 Å². The smallest absolute Gasteiger partial charge is 0.261 e. The standard InChI is InChI=1S/C24H16Cl4F2N2O2/c1-32(16-7-5-15(29)6-8-16)23(34)17-3-2-4-18(21(17)30)31-22(33)20-19(24(20,27)28)12-9-13(25)11-14(26)10-12/h2-11,19-20H,1H3,(H,31,33)/t19-,20+/m1/s1. The topological polar surface area (TPSA) is 49.4 Å². The van der Waals surface area contributed by atoms with Crippen LogP contribution in [0, 0.1) is 17.6 Å². The Balaban J connectivity index is 1.54. The van der Waals surface area contributed by atoms with Gasteiger partial charge in [0.15, 0.2) is 5.82 Å². The second-order valence-corrected chi connectivity index (χ2v) is 10.1. The van der Waals surface area contributed by atoms with E-state index < -0.39 is 39.6 Å². The minimum absolute atomic E-state index is 0.206. The van der Waals surface area contributed by atoms with Gasteiger partial charge in [0.1, 0.15) is 10.2 Å². The summed E-state index contributed by atoms with van der Waals surface area (Å²) >= 11 is 24.8. The number of halogens is 6. The second-order valence-electron chi connectivity index (χ2n) is 7.83. The molecular formula is C24H16Cl4F2N2O2. The lowest BCUT2D eigenvalue weighted by Gasteiger charge is -2.18. The lowest BCUT2D eigenvalue weighted by Crippen LogP contribution is -2.27. The molecule has 1 fully saturated rings. The van der Waals surface area contributed by atoms with Gasteiger partial charge in [-0.3, -0.25) is 9.59 Å². The molecule has 0 aliphatic heterocycles. The predicted molar refractivity (Wildman–Crippen MR) is 131 cm³/mol. The first-order chi connectivity index (χ1) is 16.0. The Morgan fingerprint density at radius 3 is 2.21 bits per heavy atom. The third-order valence-corrected chi connectivity index (χ3v) is 6.96. The van der Waals surface area contributed by atoms with Gasteiger partial charge in [-0.1, -0.05) is 29.3 Å². The number of hydrogen-bond donors (Lipinski definition) is 1. The normalized spacial score (nSPS) is 18.3. The zero-order chi connectivity index (χ0) is 24.8. The van der Waals surface area contributed by atoms with Crippen LogP contribution in [0.5, 0.6) is 0 Å². The maximum atomic E-state index is 15.2. The molecule has 3 aromatic carbocycles. The van der Waals surface area contributed by atoms with Crippen molar-refractivity contribution in [1.29, 1.82) is 0 Å². The Labute approximate surface area is 214 Å². The summed E-state index contributed by atoms with van der Waals surface area (Å²) in [5.74, 6) is -4.19. The fraction of sp³-hybridized carbons (Fsp3) is 0.167. The van der Waals surface area contributed by atoms with Gasteiger partial charge in [-0.15, -0.1) is 23.2 Å². The molecule has 0 unspecified atom stereocenters. The summed E-state index contributed by atoms with van der Waals surface area (Å²) in [6, 6.07) is 14.0. The van der Waals surface area contributed by atoms with Crippen LogP contribution in [-0.4, -0.2) is 23.2 Å². The van der Waals surface area contributed by atoms with E-state index in [9.17, 15) is 14.0 Å². The molecule has 2 amide bonds. The van der Waals surface area contributed by atoms with Crippen LogP contribution in [0.3, 0.4) is 0 Å². The monoisotopic (exact) mass is 542 g/mol. The summed E-state index contributed by atoms with van der Waals surface area (Å²) in [6.45, 7) is 0. The number of amides is 2. The third-order valence-electron chi connectivity index (χ3n) is 5.59. The highest BCUT2D eigenvalue weighted by Gasteiger charge is 2.67. The van der Waals surface area contributed by atoms with Crippen molar-refractivity contribution in [2.75, 3.05) is 17.3 Å². The first-order valence-corrected chi connectivity index (χ1v) is 11.5. The summed E-state index contributed by atoms with van der Waals surface area (Å²) in [5.41, 5.74) is 0.465. The highest BCUT2D eigenvalue weighted by atomic mass is 35.5. The van der Waals surface area contributed by atoms with Crippen LogP contribution in [0.4, 0.5) is 20.2 Å². The van der Waals surface area contributed by atoms with E-state index in [0.29, 0.717) is 21.3 Å². The second kappa shape index (κ2) is 9.34. The molecule has 176 valence electrons. The molecule has 0 spiro atoms. The van der Waals surface area contributed by atoms with Gasteiger partial charge in [-0.25, -0.2) is 8.78 Å². The van der Waals surface area contributed by atoms with E-state index in [1.54, 1.807) is 12.1 Å². The van der Waals surface area contributed by atoms with E-state index in [4.69, 9.17) is 46.4 Å². The van der Waals surface area contributed by atoms with E-state index in [2.05, 4.69) is 5.32 Å². The Morgan fingerprint density at radius 2 is 1.59 bits per heavy atom. The molecule has 1 aliphatic rings. The Hall–Kier alpha value is -2.38. The van der Waals surface area contributed by atoms with Gasteiger partial charge < -0.3 is 10.2 Å². The van der Waals surface area contributed by atoms with Crippen molar-refractivity contribution in [3.63, 3.8) is 0 Å². The Kier molecular flexibility index (Phi) is 6.80. The Bertz CT molecular complexity index is 1260. The minimum atomic E-state index is -1.44. The predicted octanol–water partition coefficient (Wildman–Crippen LogP) is 7.07. The quantitative estimate of drug-likeness (QED) is 0.350. The van der Waals surface area contributed by atoms with Crippen LogP contribution in [0.25, 0.3) is 0 Å². The molecule has 4 nitrogen and oxygen atoms in total. The first-order valence-electron chi connectivity index (χ1n) is 9.97. The fourth-order valence-electron chi connectivity index (χ4n) is 3.79. The van der Waals surface area contributed by atoms with Gasteiger partial charge in [0.05, 0.1) is 17.2 Å². The van der Waals surface area contributed by atoms with Crippen LogP contribution in [-0.2, 0) is 4.79 Å². The molecule has 0 aromatic heterocycles. The van der Waals surface area contributed by atoms with Crippen LogP contribution in [0.2, 0.25) is 10.0 Å². The number of anilines is 2. The molecule has 3 aromatic rings. The van der Waals surface area contributed by atoms with Gasteiger partial charge >= 0.3 is 0 Å². The molecule has 10 heteroatoms. The zero-order valence-electron chi connectivity index (χ0n) is 17.5. The van der Waals surface area contributed by atoms with Crippen molar-refractivity contribution in [2.45, 2.75) is 10.3 Å². The van der Waals surface area contributed by atoms with E-state index in [0.717, 1.165) is 0 Å². The van der Waals surface area contributed by atoms with Crippen LogP contribution >= 0.6 is 46.4 Å². The molecule has 0 heterocycles. The molecular weight excluding hydrogens is 528 g/mol. The zero-order valence-corrected chi connectivity index (χ0v) is 20.5. The third kappa shape index (κ3) is 4.73. The molecule has 1 N–H and O–H groups in total. The molecule has 0 bridgehead atoms. The maximum absolute atomic E-state index is 15.2. The van der Waals surface area contributed by atoms with E-state index >= 15 is 4.39 Å². The van der Waals surface area contributed by atoms with Gasteiger partial charge in [-0.2, -0.15) is 0 Å². The average molecular weight is 544 g/mol. The van der Waals surface area contributed by atoms with E-state index in [1.165, 1.54) is 60.5 Å². The number of nitrogens with zero attached hydrogens (tertiary/aromatic N) is 1. The first kappa shape index (κ1) is 24.7. The minimum Gasteiger partial charge on any atom is -0.323 e. The molecule has 1 saturated carbocycles. The van der Waals surface area contributed by atoms with Crippen LogP contribution in [0.1, 0.15) is 21.8 Å². The molecule has 1 aliphatic carbocycles. The Morgan fingerprint density at radius 1 is 0.971 bits per heavy atom. The summed E-state index contributed by atoms with van der Waals surface area (Å²) < 4.78 is 26.9. The van der Waals surface area contributed by atoms with Gasteiger partial charge in [0, 0.05) is 28.7 Å². The summed E-state index contributed by atoms with van der Waals surface area (Å²) in [5, 5.41) is 3.19. The maximum Gasteiger partial charge on any atom is 0.261 e. The van der Waals surface area contributed by atoms with Crippen molar-refractivity contribution in [3.05, 3.63) is 93.5 Å². The van der Waals surface area contributed by atoms with Crippen molar-refractivity contribution in [2.24, 2.45) is 5.92 Å². The number of alkyl halides is 2. The SMILES string of the molecule is CN(C(=O)c1cccc(NC(=O)[C@@H]2[C@@H](c3cc(Cl)cc(Cl)c3)C2(Cl)Cl)c1F)c1ccc(F)cc1. The molecule has 0 radical (unpaired) electrons. The average Bonchev–Trinajstić information content (AvgIpc) is 3.36. The fourth-order valence-corrected chi connectivity index (χ4v) is 5.16. The highest BCUT2D eigenvalue weighted by molar-refractivity contribution is 6.53. The molecule has 2 atom stereocenters. The number of benzene rings is 3. The molecule has 34 heavy (non-hydrogen) atoms. The van der Waals surface area contributed by atoms with Gasteiger partial charge in [0.2, 0.25) is 5.91 Å². The lowest BCUT2D eigenvalue weighted by atomic mass is 10.1.